The van der Waals surface area contributed by atoms with Crippen LogP contribution in [0, 0.1) is 0 Å². The maximum absolute atomic E-state index is 12.7. The third-order valence-corrected chi connectivity index (χ3v) is 4.21. The summed E-state index contributed by atoms with van der Waals surface area (Å²) in [6, 6.07) is 9.61. The summed E-state index contributed by atoms with van der Waals surface area (Å²) in [6.45, 7) is 2.88. The number of nitrogens with one attached hydrogen (secondary N) is 1. The van der Waals surface area contributed by atoms with Gasteiger partial charge >= 0.3 is 6.18 Å². The van der Waals surface area contributed by atoms with Gasteiger partial charge in [-0.2, -0.15) is 13.2 Å². The van der Waals surface area contributed by atoms with Crippen LogP contribution >= 0.6 is 0 Å². The molecular formula is C18H18F3NO. The Morgan fingerprint density at radius 1 is 1.09 bits per heavy atom. The highest BCUT2D eigenvalue weighted by Gasteiger charge is 2.30. The van der Waals surface area contributed by atoms with E-state index in [0.29, 0.717) is 11.8 Å². The molecule has 2 nitrogen and oxygen atoms in total. The molecule has 23 heavy (non-hydrogen) atoms. The summed E-state index contributed by atoms with van der Waals surface area (Å²) >= 11 is 0. The normalized spacial score (nSPS) is 17.7. The average molecular weight is 321 g/mol. The van der Waals surface area contributed by atoms with Crippen molar-refractivity contribution >= 4 is 0 Å². The minimum absolute atomic E-state index is 0.407. The first kappa shape index (κ1) is 15.9. The highest BCUT2D eigenvalue weighted by molar-refractivity contribution is 5.72. The summed E-state index contributed by atoms with van der Waals surface area (Å²) < 4.78 is 43.5. The van der Waals surface area contributed by atoms with Crippen LogP contribution in [0.1, 0.15) is 23.6 Å². The Labute approximate surface area is 133 Å². The molecule has 0 amide bonds. The van der Waals surface area contributed by atoms with Crippen molar-refractivity contribution in [1.29, 1.82) is 0 Å². The van der Waals surface area contributed by atoms with E-state index in [9.17, 15) is 13.2 Å². The van der Waals surface area contributed by atoms with Crippen molar-refractivity contribution in [3.8, 4) is 16.9 Å². The molecule has 1 N–H and O–H groups in total. The van der Waals surface area contributed by atoms with Gasteiger partial charge in [0.25, 0.3) is 0 Å². The van der Waals surface area contributed by atoms with Crippen LogP contribution < -0.4 is 10.1 Å². The average Bonchev–Trinajstić information content (AvgIpc) is 2.52. The van der Waals surface area contributed by atoms with Gasteiger partial charge in [0.15, 0.2) is 0 Å². The van der Waals surface area contributed by atoms with E-state index in [0.717, 1.165) is 36.2 Å². The zero-order chi connectivity index (χ0) is 16.6. The fraction of sp³-hybridized carbons (Fsp3) is 0.333. The number of fused-ring (bicyclic) bond motifs is 1. The minimum atomic E-state index is -4.32. The Morgan fingerprint density at radius 3 is 2.39 bits per heavy atom. The fourth-order valence-electron chi connectivity index (χ4n) is 2.94. The van der Waals surface area contributed by atoms with Crippen LogP contribution in [0.2, 0.25) is 0 Å². The van der Waals surface area contributed by atoms with Gasteiger partial charge in [0.05, 0.1) is 12.7 Å². The van der Waals surface area contributed by atoms with E-state index in [1.54, 1.807) is 7.11 Å². The number of rotatable bonds is 2. The molecule has 3 rings (SSSR count). The van der Waals surface area contributed by atoms with Crippen molar-refractivity contribution in [1.82, 2.24) is 5.32 Å². The minimum Gasteiger partial charge on any atom is -0.496 e. The lowest BCUT2D eigenvalue weighted by atomic mass is 9.92. The smallest absolute Gasteiger partial charge is 0.416 e. The molecule has 1 heterocycles. The lowest BCUT2D eigenvalue weighted by Crippen LogP contribution is -2.32. The molecule has 122 valence electrons. The number of halogens is 3. The second-order valence-corrected chi connectivity index (χ2v) is 5.88. The van der Waals surface area contributed by atoms with Gasteiger partial charge in [-0.05, 0) is 54.3 Å². The lowest BCUT2D eigenvalue weighted by molar-refractivity contribution is -0.137. The molecule has 0 spiro atoms. The van der Waals surface area contributed by atoms with Gasteiger partial charge in [-0.25, -0.2) is 0 Å². The lowest BCUT2D eigenvalue weighted by Gasteiger charge is -2.25. The zero-order valence-electron chi connectivity index (χ0n) is 13.0. The SMILES string of the molecule is COc1cc2c(cc1-c1ccc(C(F)(F)F)cc1)CNC(C)C2. The molecule has 1 aliphatic heterocycles. The molecule has 0 saturated carbocycles. The molecule has 5 heteroatoms. The molecule has 0 aromatic heterocycles. The van der Waals surface area contributed by atoms with Crippen LogP contribution in [-0.2, 0) is 19.1 Å². The molecule has 1 aliphatic rings. The van der Waals surface area contributed by atoms with Gasteiger partial charge in [0.1, 0.15) is 5.75 Å². The molecule has 0 fully saturated rings. The number of methoxy groups -OCH3 is 1. The summed E-state index contributed by atoms with van der Waals surface area (Å²) in [4.78, 5) is 0. The first-order valence-electron chi connectivity index (χ1n) is 7.49. The zero-order valence-corrected chi connectivity index (χ0v) is 13.0. The van der Waals surface area contributed by atoms with Crippen LogP contribution in [0.15, 0.2) is 36.4 Å². The first-order valence-corrected chi connectivity index (χ1v) is 7.49. The van der Waals surface area contributed by atoms with E-state index >= 15 is 0 Å². The second-order valence-electron chi connectivity index (χ2n) is 5.88. The molecule has 2 aromatic rings. The Kier molecular flexibility index (Phi) is 4.06. The van der Waals surface area contributed by atoms with E-state index in [4.69, 9.17) is 4.74 Å². The molecule has 1 unspecified atom stereocenters. The van der Waals surface area contributed by atoms with Crippen molar-refractivity contribution in [2.75, 3.05) is 7.11 Å². The molecule has 2 aromatic carbocycles. The molecule has 0 bridgehead atoms. The Balaban J connectivity index is 2.02. The highest BCUT2D eigenvalue weighted by Crippen LogP contribution is 2.36. The fourth-order valence-corrected chi connectivity index (χ4v) is 2.94. The number of hydrogen-bond donors (Lipinski definition) is 1. The molecule has 1 atom stereocenters. The third-order valence-electron chi connectivity index (χ3n) is 4.21. The number of benzene rings is 2. The third kappa shape index (κ3) is 3.20. The van der Waals surface area contributed by atoms with Gasteiger partial charge in [0, 0.05) is 18.2 Å². The van der Waals surface area contributed by atoms with Crippen molar-refractivity contribution in [2.24, 2.45) is 0 Å². The van der Waals surface area contributed by atoms with Gasteiger partial charge in [-0.1, -0.05) is 12.1 Å². The summed E-state index contributed by atoms with van der Waals surface area (Å²) in [5.74, 6) is 0.692. The van der Waals surface area contributed by atoms with Crippen molar-refractivity contribution in [2.45, 2.75) is 32.1 Å². The van der Waals surface area contributed by atoms with E-state index < -0.39 is 11.7 Å². The monoisotopic (exact) mass is 321 g/mol. The maximum Gasteiger partial charge on any atom is 0.416 e. The first-order chi connectivity index (χ1) is 10.9. The molecule has 0 radical (unpaired) electrons. The Bertz CT molecular complexity index is 707. The highest BCUT2D eigenvalue weighted by atomic mass is 19.4. The predicted octanol–water partition coefficient (Wildman–Crippen LogP) is 4.42. The number of alkyl halides is 3. The predicted molar refractivity (Wildman–Crippen MR) is 83.4 cm³/mol. The van der Waals surface area contributed by atoms with E-state index in [1.165, 1.54) is 23.3 Å². The van der Waals surface area contributed by atoms with Crippen LogP contribution in [0.3, 0.4) is 0 Å². The summed E-state index contributed by atoms with van der Waals surface area (Å²) in [5, 5.41) is 3.39. The molecule has 0 saturated heterocycles. The van der Waals surface area contributed by atoms with E-state index in [2.05, 4.69) is 12.2 Å². The Morgan fingerprint density at radius 2 is 1.78 bits per heavy atom. The van der Waals surface area contributed by atoms with Gasteiger partial charge in [-0.15, -0.1) is 0 Å². The van der Waals surface area contributed by atoms with Crippen molar-refractivity contribution < 1.29 is 17.9 Å². The maximum atomic E-state index is 12.7. The number of hydrogen-bond acceptors (Lipinski definition) is 2. The standard InChI is InChI=1S/C18H18F3NO/c1-11-7-13-9-17(23-2)16(8-14(13)10-22-11)12-3-5-15(6-4-12)18(19,20)21/h3-6,8-9,11,22H,7,10H2,1-2H3. The van der Waals surface area contributed by atoms with E-state index in [-0.39, 0.29) is 0 Å². The van der Waals surface area contributed by atoms with Gasteiger partial charge in [0.2, 0.25) is 0 Å². The van der Waals surface area contributed by atoms with E-state index in [1.807, 2.05) is 12.1 Å². The summed E-state index contributed by atoms with van der Waals surface area (Å²) in [7, 11) is 1.58. The van der Waals surface area contributed by atoms with Gasteiger partial charge in [-0.3, -0.25) is 0 Å². The van der Waals surface area contributed by atoms with Crippen LogP contribution in [-0.4, -0.2) is 13.2 Å². The van der Waals surface area contributed by atoms with Crippen molar-refractivity contribution in [3.63, 3.8) is 0 Å². The molecule has 0 aliphatic carbocycles. The Hall–Kier alpha value is -2.01. The summed E-state index contributed by atoms with van der Waals surface area (Å²) in [5.41, 5.74) is 3.28. The van der Waals surface area contributed by atoms with Crippen molar-refractivity contribution in [3.05, 3.63) is 53.1 Å². The van der Waals surface area contributed by atoms with Crippen LogP contribution in [0.25, 0.3) is 11.1 Å². The molecular weight excluding hydrogens is 303 g/mol. The quantitative estimate of drug-likeness (QED) is 0.884. The van der Waals surface area contributed by atoms with Crippen LogP contribution in [0.5, 0.6) is 5.75 Å². The van der Waals surface area contributed by atoms with Gasteiger partial charge < -0.3 is 10.1 Å². The second kappa shape index (κ2) is 5.89. The van der Waals surface area contributed by atoms with Crippen LogP contribution in [0.4, 0.5) is 13.2 Å². The number of ether oxygens (including phenoxy) is 1. The largest absolute Gasteiger partial charge is 0.496 e. The topological polar surface area (TPSA) is 21.3 Å². The summed E-state index contributed by atoms with van der Waals surface area (Å²) in [6.07, 6.45) is -3.41.